The minimum absolute atomic E-state index is 0.0764. The average Bonchev–Trinajstić information content (AvgIpc) is 1.96. The highest BCUT2D eigenvalue weighted by molar-refractivity contribution is 4.86. The standard InChI is InChI=1S/C8H17NO2/c1-8(6-10-3)7-11-5-4-9(8)2/h4-7H2,1-3H3. The number of ether oxygens (including phenoxy) is 2. The molecular weight excluding hydrogens is 142 g/mol. The van der Waals surface area contributed by atoms with Crippen molar-refractivity contribution in [1.82, 2.24) is 4.90 Å². The Morgan fingerprint density at radius 2 is 2.36 bits per heavy atom. The van der Waals surface area contributed by atoms with Crippen LogP contribution in [-0.2, 0) is 9.47 Å². The summed E-state index contributed by atoms with van der Waals surface area (Å²) in [5.74, 6) is 0. The van der Waals surface area contributed by atoms with E-state index >= 15 is 0 Å². The summed E-state index contributed by atoms with van der Waals surface area (Å²) >= 11 is 0. The van der Waals surface area contributed by atoms with Gasteiger partial charge in [0.15, 0.2) is 0 Å². The number of methoxy groups -OCH3 is 1. The highest BCUT2D eigenvalue weighted by Gasteiger charge is 2.32. The Labute approximate surface area is 68.3 Å². The molecule has 1 aliphatic rings. The fourth-order valence-corrected chi connectivity index (χ4v) is 1.34. The van der Waals surface area contributed by atoms with Crippen LogP contribution in [0.3, 0.4) is 0 Å². The van der Waals surface area contributed by atoms with Crippen LogP contribution in [0.1, 0.15) is 6.92 Å². The van der Waals surface area contributed by atoms with Gasteiger partial charge in [-0.05, 0) is 14.0 Å². The molecule has 1 heterocycles. The summed E-state index contributed by atoms with van der Waals surface area (Å²) in [5, 5.41) is 0. The van der Waals surface area contributed by atoms with E-state index in [0.717, 1.165) is 26.4 Å². The van der Waals surface area contributed by atoms with Crippen molar-refractivity contribution in [3.8, 4) is 0 Å². The molecule has 3 heteroatoms. The molecule has 0 aliphatic carbocycles. The van der Waals surface area contributed by atoms with Crippen molar-refractivity contribution in [3.63, 3.8) is 0 Å². The van der Waals surface area contributed by atoms with E-state index in [4.69, 9.17) is 9.47 Å². The van der Waals surface area contributed by atoms with Crippen molar-refractivity contribution in [2.24, 2.45) is 0 Å². The molecule has 66 valence electrons. The van der Waals surface area contributed by atoms with Gasteiger partial charge in [-0.25, -0.2) is 0 Å². The Bertz CT molecular complexity index is 125. The third kappa shape index (κ3) is 1.92. The smallest absolute Gasteiger partial charge is 0.0670 e. The van der Waals surface area contributed by atoms with Gasteiger partial charge in [-0.1, -0.05) is 0 Å². The second kappa shape index (κ2) is 3.52. The third-order valence-corrected chi connectivity index (χ3v) is 2.36. The fourth-order valence-electron chi connectivity index (χ4n) is 1.34. The van der Waals surface area contributed by atoms with Gasteiger partial charge in [0.2, 0.25) is 0 Å². The first-order valence-electron chi connectivity index (χ1n) is 3.97. The van der Waals surface area contributed by atoms with E-state index in [1.54, 1.807) is 7.11 Å². The molecule has 1 saturated heterocycles. The van der Waals surface area contributed by atoms with Gasteiger partial charge in [0.25, 0.3) is 0 Å². The van der Waals surface area contributed by atoms with Gasteiger partial charge in [0.1, 0.15) is 0 Å². The highest BCUT2D eigenvalue weighted by Crippen LogP contribution is 2.17. The number of nitrogens with zero attached hydrogens (tertiary/aromatic N) is 1. The van der Waals surface area contributed by atoms with Crippen LogP contribution in [0.15, 0.2) is 0 Å². The maximum atomic E-state index is 5.39. The Morgan fingerprint density at radius 1 is 1.64 bits per heavy atom. The van der Waals surface area contributed by atoms with E-state index in [1.165, 1.54) is 0 Å². The molecule has 0 spiro atoms. The zero-order valence-electron chi connectivity index (χ0n) is 7.59. The van der Waals surface area contributed by atoms with Gasteiger partial charge < -0.3 is 9.47 Å². The van der Waals surface area contributed by atoms with Gasteiger partial charge in [-0.2, -0.15) is 0 Å². The van der Waals surface area contributed by atoms with Crippen LogP contribution in [-0.4, -0.2) is 51.0 Å². The van der Waals surface area contributed by atoms with Crippen molar-refractivity contribution in [1.29, 1.82) is 0 Å². The number of rotatable bonds is 2. The summed E-state index contributed by atoms with van der Waals surface area (Å²) < 4.78 is 10.5. The summed E-state index contributed by atoms with van der Waals surface area (Å²) in [6, 6.07) is 0. The largest absolute Gasteiger partial charge is 0.383 e. The molecule has 0 N–H and O–H groups in total. The Hall–Kier alpha value is -0.120. The van der Waals surface area contributed by atoms with E-state index < -0.39 is 0 Å². The topological polar surface area (TPSA) is 21.7 Å². The monoisotopic (exact) mass is 159 g/mol. The molecule has 1 rings (SSSR count). The van der Waals surface area contributed by atoms with Crippen molar-refractivity contribution < 1.29 is 9.47 Å². The average molecular weight is 159 g/mol. The first-order chi connectivity index (χ1) is 5.19. The van der Waals surface area contributed by atoms with Crippen LogP contribution in [0.5, 0.6) is 0 Å². The second-order valence-corrected chi connectivity index (χ2v) is 3.40. The predicted molar refractivity (Wildman–Crippen MR) is 43.7 cm³/mol. The van der Waals surface area contributed by atoms with Gasteiger partial charge in [0, 0.05) is 13.7 Å². The van der Waals surface area contributed by atoms with E-state index in [9.17, 15) is 0 Å². The maximum absolute atomic E-state index is 5.39. The molecule has 0 aromatic heterocycles. The zero-order chi connectivity index (χ0) is 8.32. The van der Waals surface area contributed by atoms with Gasteiger partial charge >= 0.3 is 0 Å². The number of morpholine rings is 1. The summed E-state index contributed by atoms with van der Waals surface area (Å²) in [5.41, 5.74) is 0.0764. The van der Waals surface area contributed by atoms with E-state index in [0.29, 0.717) is 0 Å². The molecule has 1 unspecified atom stereocenters. The lowest BCUT2D eigenvalue weighted by Crippen LogP contribution is -2.55. The van der Waals surface area contributed by atoms with Crippen LogP contribution in [0.4, 0.5) is 0 Å². The highest BCUT2D eigenvalue weighted by atomic mass is 16.5. The summed E-state index contributed by atoms with van der Waals surface area (Å²) in [6.07, 6.45) is 0. The van der Waals surface area contributed by atoms with Crippen molar-refractivity contribution in [2.45, 2.75) is 12.5 Å². The van der Waals surface area contributed by atoms with Gasteiger partial charge in [-0.15, -0.1) is 0 Å². The van der Waals surface area contributed by atoms with Crippen molar-refractivity contribution in [3.05, 3.63) is 0 Å². The lowest BCUT2D eigenvalue weighted by atomic mass is 10.0. The van der Waals surface area contributed by atoms with E-state index in [-0.39, 0.29) is 5.54 Å². The van der Waals surface area contributed by atoms with E-state index in [1.807, 2.05) is 0 Å². The van der Waals surface area contributed by atoms with Crippen LogP contribution < -0.4 is 0 Å². The molecular formula is C8H17NO2. The molecule has 3 nitrogen and oxygen atoms in total. The molecule has 0 aromatic carbocycles. The molecule has 1 aliphatic heterocycles. The quantitative estimate of drug-likeness (QED) is 0.580. The minimum atomic E-state index is 0.0764. The zero-order valence-corrected chi connectivity index (χ0v) is 7.59. The number of hydrogen-bond donors (Lipinski definition) is 0. The number of hydrogen-bond acceptors (Lipinski definition) is 3. The molecule has 1 fully saturated rings. The molecule has 0 radical (unpaired) electrons. The summed E-state index contributed by atoms with van der Waals surface area (Å²) in [6.45, 7) is 5.52. The summed E-state index contributed by atoms with van der Waals surface area (Å²) in [4.78, 5) is 2.29. The maximum Gasteiger partial charge on any atom is 0.0670 e. The van der Waals surface area contributed by atoms with Crippen LogP contribution >= 0.6 is 0 Å². The van der Waals surface area contributed by atoms with Crippen LogP contribution in [0.2, 0.25) is 0 Å². The van der Waals surface area contributed by atoms with Crippen LogP contribution in [0, 0.1) is 0 Å². The lowest BCUT2D eigenvalue weighted by molar-refractivity contribution is -0.0774. The molecule has 0 aromatic rings. The molecule has 11 heavy (non-hydrogen) atoms. The first-order valence-corrected chi connectivity index (χ1v) is 3.97. The predicted octanol–water partition coefficient (Wildman–Crippen LogP) is 0.354. The lowest BCUT2D eigenvalue weighted by Gasteiger charge is -2.41. The second-order valence-electron chi connectivity index (χ2n) is 3.40. The number of likely N-dealkylation sites (N-methyl/N-ethyl adjacent to an activating group) is 1. The minimum Gasteiger partial charge on any atom is -0.383 e. The first kappa shape index (κ1) is 8.97. The molecule has 0 bridgehead atoms. The normalized spacial score (nSPS) is 34.1. The Morgan fingerprint density at radius 3 is 2.91 bits per heavy atom. The van der Waals surface area contributed by atoms with Crippen LogP contribution in [0.25, 0.3) is 0 Å². The van der Waals surface area contributed by atoms with E-state index in [2.05, 4.69) is 18.9 Å². The SMILES string of the molecule is COCC1(C)COCCN1C. The molecule has 0 saturated carbocycles. The van der Waals surface area contributed by atoms with Gasteiger partial charge in [-0.3, -0.25) is 4.90 Å². The Kier molecular flexibility index (Phi) is 2.87. The van der Waals surface area contributed by atoms with Crippen molar-refractivity contribution in [2.75, 3.05) is 40.5 Å². The molecule has 1 atom stereocenters. The Balaban J connectivity index is 2.49. The molecule has 0 amide bonds. The third-order valence-electron chi connectivity index (χ3n) is 2.36. The fraction of sp³-hybridized carbons (Fsp3) is 1.00. The van der Waals surface area contributed by atoms with Crippen molar-refractivity contribution >= 4 is 0 Å². The van der Waals surface area contributed by atoms with Gasteiger partial charge in [0.05, 0.1) is 25.4 Å². The summed E-state index contributed by atoms with van der Waals surface area (Å²) in [7, 11) is 3.84.